The standard InChI is InChI=1S/C9H13NO2S/c1-9(2,3)10-8(11)12-7-5-4-6-13-7/h4-6H,1-3H3,(H,10,11). The molecule has 72 valence electrons. The van der Waals surface area contributed by atoms with Gasteiger partial charge in [0, 0.05) is 5.54 Å². The average Bonchev–Trinajstić information content (AvgIpc) is 2.34. The number of nitrogens with one attached hydrogen (secondary N) is 1. The number of carbonyl (C=O) groups excluding carboxylic acids is 1. The molecule has 1 amide bonds. The molecule has 0 spiro atoms. The van der Waals surface area contributed by atoms with Crippen molar-refractivity contribution in [2.45, 2.75) is 26.3 Å². The summed E-state index contributed by atoms with van der Waals surface area (Å²) in [5.41, 5.74) is -0.256. The SMILES string of the molecule is CC(C)(C)NC(=O)Oc1cccs1. The highest BCUT2D eigenvalue weighted by atomic mass is 32.1. The van der Waals surface area contributed by atoms with Crippen LogP contribution in [0, 0.1) is 0 Å². The molecule has 1 rings (SSSR count). The van der Waals surface area contributed by atoms with E-state index in [-0.39, 0.29) is 5.54 Å². The summed E-state index contributed by atoms with van der Waals surface area (Å²) in [4.78, 5) is 11.2. The number of hydrogen-bond acceptors (Lipinski definition) is 3. The van der Waals surface area contributed by atoms with Crippen molar-refractivity contribution in [2.24, 2.45) is 0 Å². The average molecular weight is 199 g/mol. The van der Waals surface area contributed by atoms with Crippen LogP contribution in [0.5, 0.6) is 5.06 Å². The van der Waals surface area contributed by atoms with Crippen LogP contribution in [-0.2, 0) is 0 Å². The van der Waals surface area contributed by atoms with Crippen molar-refractivity contribution >= 4 is 17.4 Å². The summed E-state index contributed by atoms with van der Waals surface area (Å²) in [5.74, 6) is 0. The Balaban J connectivity index is 2.43. The van der Waals surface area contributed by atoms with Crippen LogP contribution in [0.1, 0.15) is 20.8 Å². The quantitative estimate of drug-likeness (QED) is 0.755. The van der Waals surface area contributed by atoms with Crippen molar-refractivity contribution in [3.8, 4) is 5.06 Å². The maximum Gasteiger partial charge on any atom is 0.413 e. The van der Waals surface area contributed by atoms with Gasteiger partial charge in [-0.25, -0.2) is 4.79 Å². The second-order valence-corrected chi connectivity index (χ2v) is 4.61. The largest absolute Gasteiger partial charge is 0.413 e. The predicted molar refractivity (Wildman–Crippen MR) is 53.2 cm³/mol. The van der Waals surface area contributed by atoms with Gasteiger partial charge in [-0.3, -0.25) is 0 Å². The third-order valence-corrected chi connectivity index (χ3v) is 1.91. The van der Waals surface area contributed by atoms with E-state index in [2.05, 4.69) is 5.32 Å². The lowest BCUT2D eigenvalue weighted by Crippen LogP contribution is -2.42. The summed E-state index contributed by atoms with van der Waals surface area (Å²) in [6.45, 7) is 5.72. The van der Waals surface area contributed by atoms with Crippen molar-refractivity contribution in [3.63, 3.8) is 0 Å². The van der Waals surface area contributed by atoms with Crippen LogP contribution in [0.2, 0.25) is 0 Å². The van der Waals surface area contributed by atoms with Crippen LogP contribution in [0.3, 0.4) is 0 Å². The van der Waals surface area contributed by atoms with E-state index in [1.54, 1.807) is 6.07 Å². The van der Waals surface area contributed by atoms with Gasteiger partial charge in [0.25, 0.3) is 0 Å². The summed E-state index contributed by atoms with van der Waals surface area (Å²) >= 11 is 1.39. The Labute approximate surface area is 81.7 Å². The van der Waals surface area contributed by atoms with Gasteiger partial charge in [0.05, 0.1) is 0 Å². The minimum absolute atomic E-state index is 0.256. The molecule has 4 heteroatoms. The predicted octanol–water partition coefficient (Wildman–Crippen LogP) is 2.64. The first-order valence-corrected chi connectivity index (χ1v) is 4.89. The van der Waals surface area contributed by atoms with Gasteiger partial charge in [-0.05, 0) is 38.3 Å². The molecule has 0 atom stereocenters. The molecule has 1 aromatic heterocycles. The van der Waals surface area contributed by atoms with Gasteiger partial charge in [-0.2, -0.15) is 0 Å². The van der Waals surface area contributed by atoms with Crippen molar-refractivity contribution in [2.75, 3.05) is 0 Å². The molecule has 1 heterocycles. The number of amides is 1. The minimum Gasteiger partial charge on any atom is -0.399 e. The fourth-order valence-corrected chi connectivity index (χ4v) is 1.32. The van der Waals surface area contributed by atoms with Crippen molar-refractivity contribution in [3.05, 3.63) is 17.5 Å². The van der Waals surface area contributed by atoms with Gasteiger partial charge >= 0.3 is 6.09 Å². The Kier molecular flexibility index (Phi) is 2.93. The van der Waals surface area contributed by atoms with Gasteiger partial charge < -0.3 is 10.1 Å². The van der Waals surface area contributed by atoms with Gasteiger partial charge in [0.15, 0.2) is 5.06 Å². The zero-order valence-corrected chi connectivity index (χ0v) is 8.77. The molecule has 1 N–H and O–H groups in total. The molecule has 0 aliphatic carbocycles. The second kappa shape index (κ2) is 3.79. The fourth-order valence-electron chi connectivity index (χ4n) is 0.745. The van der Waals surface area contributed by atoms with Gasteiger partial charge in [-0.15, -0.1) is 11.3 Å². The first-order valence-electron chi connectivity index (χ1n) is 4.01. The van der Waals surface area contributed by atoms with E-state index in [0.717, 1.165) is 0 Å². The molecule has 3 nitrogen and oxygen atoms in total. The summed E-state index contributed by atoms with van der Waals surface area (Å²) < 4.78 is 5.00. The number of hydrogen-bond donors (Lipinski definition) is 1. The first kappa shape index (κ1) is 10.1. The Hall–Kier alpha value is -1.03. The number of thiophene rings is 1. The number of rotatable bonds is 1. The molecule has 0 aliphatic heterocycles. The molecule has 1 aromatic rings. The summed E-state index contributed by atoms with van der Waals surface area (Å²) in [6, 6.07) is 3.59. The normalized spacial score (nSPS) is 11.0. The topological polar surface area (TPSA) is 38.3 Å². The maximum atomic E-state index is 11.2. The summed E-state index contributed by atoms with van der Waals surface area (Å²) in [6.07, 6.45) is -0.407. The van der Waals surface area contributed by atoms with E-state index in [9.17, 15) is 4.79 Å². The molecule has 13 heavy (non-hydrogen) atoms. The first-order chi connectivity index (χ1) is 5.97. The fraction of sp³-hybridized carbons (Fsp3) is 0.444. The Morgan fingerprint density at radius 2 is 2.23 bits per heavy atom. The van der Waals surface area contributed by atoms with Gasteiger partial charge in [-0.1, -0.05) is 0 Å². The van der Waals surface area contributed by atoms with E-state index in [1.807, 2.05) is 32.2 Å². The molecular formula is C9H13NO2S. The smallest absolute Gasteiger partial charge is 0.399 e. The van der Waals surface area contributed by atoms with Crippen LogP contribution in [0.25, 0.3) is 0 Å². The lowest BCUT2D eigenvalue weighted by Gasteiger charge is -2.19. The van der Waals surface area contributed by atoms with E-state index < -0.39 is 6.09 Å². The zero-order valence-electron chi connectivity index (χ0n) is 7.96. The summed E-state index contributed by atoms with van der Waals surface area (Å²) in [5, 5.41) is 5.18. The zero-order chi connectivity index (χ0) is 9.90. The Bertz CT molecular complexity index is 274. The molecule has 0 aliphatic rings. The third-order valence-electron chi connectivity index (χ3n) is 1.17. The van der Waals surface area contributed by atoms with Crippen molar-refractivity contribution < 1.29 is 9.53 Å². The second-order valence-electron chi connectivity index (χ2n) is 3.70. The van der Waals surface area contributed by atoms with E-state index in [0.29, 0.717) is 5.06 Å². The molecule has 0 fully saturated rings. The van der Waals surface area contributed by atoms with Gasteiger partial charge in [0.1, 0.15) is 0 Å². The molecule has 0 unspecified atom stereocenters. The highest BCUT2D eigenvalue weighted by molar-refractivity contribution is 7.11. The lowest BCUT2D eigenvalue weighted by molar-refractivity contribution is 0.192. The van der Waals surface area contributed by atoms with E-state index in [1.165, 1.54) is 11.3 Å². The van der Waals surface area contributed by atoms with E-state index in [4.69, 9.17) is 4.74 Å². The highest BCUT2D eigenvalue weighted by Gasteiger charge is 2.15. The molecule has 0 saturated heterocycles. The van der Waals surface area contributed by atoms with Crippen molar-refractivity contribution in [1.82, 2.24) is 5.32 Å². The van der Waals surface area contributed by atoms with Gasteiger partial charge in [0.2, 0.25) is 0 Å². The van der Waals surface area contributed by atoms with Crippen LogP contribution < -0.4 is 10.1 Å². The lowest BCUT2D eigenvalue weighted by atomic mass is 10.1. The van der Waals surface area contributed by atoms with Crippen LogP contribution >= 0.6 is 11.3 Å². The third kappa shape index (κ3) is 3.94. The molecule has 0 bridgehead atoms. The number of carbonyl (C=O) groups is 1. The maximum absolute atomic E-state index is 11.2. The molecule has 0 aromatic carbocycles. The highest BCUT2D eigenvalue weighted by Crippen LogP contribution is 2.18. The molecular weight excluding hydrogens is 186 g/mol. The van der Waals surface area contributed by atoms with Crippen LogP contribution in [0.4, 0.5) is 4.79 Å². The monoisotopic (exact) mass is 199 g/mol. The van der Waals surface area contributed by atoms with E-state index >= 15 is 0 Å². The van der Waals surface area contributed by atoms with Crippen LogP contribution in [-0.4, -0.2) is 11.6 Å². The minimum atomic E-state index is -0.407. The van der Waals surface area contributed by atoms with Crippen molar-refractivity contribution in [1.29, 1.82) is 0 Å². The Morgan fingerprint density at radius 1 is 1.54 bits per heavy atom. The van der Waals surface area contributed by atoms with Crippen LogP contribution in [0.15, 0.2) is 17.5 Å². The summed E-state index contributed by atoms with van der Waals surface area (Å²) in [7, 11) is 0. The molecule has 0 radical (unpaired) electrons. The Morgan fingerprint density at radius 3 is 2.69 bits per heavy atom. The molecule has 0 saturated carbocycles. The number of ether oxygens (including phenoxy) is 1.